The maximum absolute atomic E-state index is 14.5. The van der Waals surface area contributed by atoms with Gasteiger partial charge in [-0.15, -0.1) is 0 Å². The Labute approximate surface area is 492 Å². The van der Waals surface area contributed by atoms with E-state index in [0.717, 1.165) is 0 Å². The van der Waals surface area contributed by atoms with Crippen molar-refractivity contribution in [1.29, 1.82) is 0 Å². The fourth-order valence-electron chi connectivity index (χ4n) is 7.97. The lowest BCUT2D eigenvalue weighted by Gasteiger charge is -2.30. The van der Waals surface area contributed by atoms with Crippen LogP contribution in [0, 0.1) is 23.7 Å². The van der Waals surface area contributed by atoms with Gasteiger partial charge in [0, 0.05) is 18.6 Å². The van der Waals surface area contributed by atoms with Crippen molar-refractivity contribution in [2.24, 2.45) is 35.1 Å². The summed E-state index contributed by atoms with van der Waals surface area (Å²) in [7, 11) is 0. The van der Waals surface area contributed by atoms with E-state index >= 15 is 0 Å². The Kier molecular flexibility index (Phi) is 33.0. The topological polar surface area (TPSA) is 463 Å². The number of amides is 10. The summed E-state index contributed by atoms with van der Waals surface area (Å²) in [5.41, 5.74) is 11.8. The van der Waals surface area contributed by atoms with Crippen molar-refractivity contribution in [2.45, 2.75) is 174 Å². The number of phenolic OH excluding ortho intramolecular Hbond substituents is 1. The van der Waals surface area contributed by atoms with Crippen LogP contribution in [-0.4, -0.2) is 176 Å². The first-order chi connectivity index (χ1) is 38.8. The number of benzene rings is 1. The van der Waals surface area contributed by atoms with Crippen molar-refractivity contribution < 1.29 is 82.8 Å². The summed E-state index contributed by atoms with van der Waals surface area (Å²) in [6.07, 6.45) is -0.884. The molecule has 83 heavy (non-hydrogen) atoms. The number of hydrogen-bond acceptors (Lipinski definition) is 17. The molecular weight excluding hydrogens is 1130 g/mol. The molecule has 0 fully saturated rings. The third-order valence-corrected chi connectivity index (χ3v) is 14.3. The number of nitrogens with two attached hydrogens (primary N) is 2. The summed E-state index contributed by atoms with van der Waals surface area (Å²) >= 11 is 5.75. The molecule has 0 spiro atoms. The van der Waals surface area contributed by atoms with E-state index in [1.165, 1.54) is 43.0 Å². The van der Waals surface area contributed by atoms with E-state index in [2.05, 4.69) is 60.5 Å². The molecule has 0 aliphatic carbocycles. The van der Waals surface area contributed by atoms with Crippen molar-refractivity contribution in [1.82, 2.24) is 47.9 Å². The monoisotopic (exact) mass is 1210 g/mol. The number of nitrogens with one attached hydrogen (secondary N) is 9. The van der Waals surface area contributed by atoms with E-state index in [1.807, 2.05) is 6.26 Å². The zero-order valence-corrected chi connectivity index (χ0v) is 50.0. The smallest absolute Gasteiger partial charge is 0.326 e. The van der Waals surface area contributed by atoms with Crippen LogP contribution < -0.4 is 59.3 Å². The molecule has 1 aromatic rings. The van der Waals surface area contributed by atoms with Gasteiger partial charge in [0.15, 0.2) is 0 Å². The molecule has 1 aromatic carbocycles. The number of thioether (sulfide) groups is 1. The highest BCUT2D eigenvalue weighted by molar-refractivity contribution is 7.98. The van der Waals surface area contributed by atoms with Gasteiger partial charge in [-0.1, -0.05) is 80.4 Å². The lowest BCUT2D eigenvalue weighted by atomic mass is 9.96. The third-order valence-electron chi connectivity index (χ3n) is 13.3. The Bertz CT molecular complexity index is 2420. The van der Waals surface area contributed by atoms with Crippen LogP contribution in [0.15, 0.2) is 24.3 Å². The Morgan fingerprint density at radius 2 is 0.928 bits per heavy atom. The summed E-state index contributed by atoms with van der Waals surface area (Å²) in [5, 5.41) is 60.8. The Hall–Kier alpha value is -7.21. The Morgan fingerprint density at radius 3 is 1.36 bits per heavy atom. The number of phenols is 1. The summed E-state index contributed by atoms with van der Waals surface area (Å²) in [4.78, 5) is 172. The zero-order valence-electron chi connectivity index (χ0n) is 48.3. The van der Waals surface area contributed by atoms with Crippen molar-refractivity contribution >= 4 is 101 Å². The number of hydrogen-bond donors (Lipinski definition) is 16. The van der Waals surface area contributed by atoms with Crippen LogP contribution in [0.1, 0.15) is 112 Å². The van der Waals surface area contributed by atoms with Crippen LogP contribution in [0.5, 0.6) is 5.75 Å². The third kappa shape index (κ3) is 26.7. The van der Waals surface area contributed by atoms with Gasteiger partial charge >= 0.3 is 17.9 Å². The Morgan fingerprint density at radius 1 is 0.530 bits per heavy atom. The highest BCUT2D eigenvalue weighted by Crippen LogP contribution is 2.16. The molecule has 28 nitrogen and oxygen atoms in total. The van der Waals surface area contributed by atoms with Gasteiger partial charge in [0.05, 0.1) is 18.9 Å². The second-order valence-corrected chi connectivity index (χ2v) is 22.3. The Balaban J connectivity index is 3.64. The molecule has 0 radical (unpaired) electrons. The quantitative estimate of drug-likeness (QED) is 0.0330. The molecule has 0 bridgehead atoms. The van der Waals surface area contributed by atoms with E-state index in [9.17, 15) is 82.8 Å². The van der Waals surface area contributed by atoms with Crippen molar-refractivity contribution in [2.75, 3.05) is 17.8 Å². The zero-order chi connectivity index (χ0) is 63.4. The molecular formula is C53H85N11O17S2. The normalized spacial score (nSPS) is 15.5. The van der Waals surface area contributed by atoms with Crippen LogP contribution in [0.4, 0.5) is 0 Å². The second-order valence-electron chi connectivity index (χ2n) is 21.0. The number of aliphatic carboxylic acids is 3. The predicted octanol–water partition coefficient (Wildman–Crippen LogP) is -1.60. The van der Waals surface area contributed by atoms with Gasteiger partial charge in [0.1, 0.15) is 60.1 Å². The SMILES string of the molecule is CC[C@H](C)[C@H](NC(=O)[C@H](Cc1ccc(O)cc1)NC(=O)[C@H](CCC(N)=O)NC(=O)[C@H](CS)NC(=O)[C@@H](NC(=O)[C@@H](NC(=O)[C@@H](N)CCSC)C(C)C)[C@@H](C)CC)C(=O)N[C@@H](CC(=O)O)C(=O)N[C@@H](CC(=O)O)C(=O)N[C@@H](CC(C)C)C(=O)O. The molecule has 30 heteroatoms. The number of carboxylic acids is 3. The molecule has 0 heterocycles. The summed E-state index contributed by atoms with van der Waals surface area (Å²) in [5.74, 6) is -16.6. The highest BCUT2D eigenvalue weighted by Gasteiger charge is 2.38. The minimum Gasteiger partial charge on any atom is -0.508 e. The number of thiol groups is 1. The molecule has 1 rings (SSSR count). The first-order valence-corrected chi connectivity index (χ1v) is 29.1. The van der Waals surface area contributed by atoms with Gasteiger partial charge in [-0.3, -0.25) is 57.5 Å². The first-order valence-electron chi connectivity index (χ1n) is 27.1. The van der Waals surface area contributed by atoms with Crippen LogP contribution in [0.3, 0.4) is 0 Å². The second kappa shape index (κ2) is 37.1. The minimum atomic E-state index is -2.03. The van der Waals surface area contributed by atoms with E-state index in [-0.39, 0.29) is 36.7 Å². The number of primary amides is 1. The average molecular weight is 1210 g/mol. The van der Waals surface area contributed by atoms with E-state index in [4.69, 9.17) is 11.5 Å². The molecule has 0 aromatic heterocycles. The lowest BCUT2D eigenvalue weighted by Crippen LogP contribution is -2.62. The predicted molar refractivity (Wildman–Crippen MR) is 308 cm³/mol. The van der Waals surface area contributed by atoms with Crippen molar-refractivity contribution in [3.8, 4) is 5.75 Å². The van der Waals surface area contributed by atoms with Gasteiger partial charge in [-0.2, -0.15) is 24.4 Å². The number of aromatic hydroxyl groups is 1. The highest BCUT2D eigenvalue weighted by atomic mass is 32.2. The van der Waals surface area contributed by atoms with Crippen LogP contribution >= 0.6 is 24.4 Å². The fourth-order valence-corrected chi connectivity index (χ4v) is 8.72. The average Bonchev–Trinajstić information content (AvgIpc) is 3.42. The van der Waals surface area contributed by atoms with E-state index in [1.54, 1.807) is 48.5 Å². The molecule has 17 N–H and O–H groups in total. The maximum atomic E-state index is 14.5. The van der Waals surface area contributed by atoms with Crippen molar-refractivity contribution in [3.63, 3.8) is 0 Å². The van der Waals surface area contributed by atoms with E-state index in [0.29, 0.717) is 24.2 Å². The molecule has 0 unspecified atom stereocenters. The molecule has 0 aliphatic heterocycles. The van der Waals surface area contributed by atoms with Gasteiger partial charge in [0.25, 0.3) is 0 Å². The van der Waals surface area contributed by atoms with Crippen LogP contribution in [0.2, 0.25) is 0 Å². The summed E-state index contributed by atoms with van der Waals surface area (Å²) in [6.45, 7) is 13.3. The molecule has 0 aliphatic rings. The number of rotatable bonds is 39. The van der Waals surface area contributed by atoms with Gasteiger partial charge in [0.2, 0.25) is 59.1 Å². The number of carbonyl (C=O) groups is 13. The number of carbonyl (C=O) groups excluding carboxylic acids is 10. The molecule has 12 atom stereocenters. The van der Waals surface area contributed by atoms with E-state index < -0.39 is 181 Å². The lowest BCUT2D eigenvalue weighted by molar-refractivity contribution is -0.145. The maximum Gasteiger partial charge on any atom is 0.326 e. The van der Waals surface area contributed by atoms with Crippen molar-refractivity contribution in [3.05, 3.63) is 29.8 Å². The molecule has 0 saturated heterocycles. The number of carboxylic acid groups (broad SMARTS) is 3. The summed E-state index contributed by atoms with van der Waals surface area (Å²) < 4.78 is 0. The largest absolute Gasteiger partial charge is 0.508 e. The van der Waals surface area contributed by atoms with Gasteiger partial charge in [-0.25, -0.2) is 4.79 Å². The summed E-state index contributed by atoms with van der Waals surface area (Å²) in [6, 6.07) is -9.79. The molecule has 10 amide bonds. The molecule has 0 saturated carbocycles. The van der Waals surface area contributed by atoms with Gasteiger partial charge in [-0.05, 0) is 72.6 Å². The fraction of sp³-hybridized carbons (Fsp3) is 0.642. The van der Waals surface area contributed by atoms with Crippen LogP contribution in [-0.2, 0) is 68.7 Å². The first kappa shape index (κ1) is 73.8. The standard InChI is InChI=1S/C53H85N11O17S2/c1-10-27(7)42(51(78)59-35(23-40(69)70)46(73)58-34(22-39(67)68)47(74)60-36(53(80)81)20-25(3)4)63-48(75)33(21-29-12-14-30(65)15-13-29)57-45(72)32(16-17-38(55)66)56-49(76)37(24-82)61-52(79)43(28(8)11-2)64-50(77)41(26(5)6)62-44(71)31(54)18-19-83-9/h12-15,25-28,31-37,41-43,65,82H,10-11,16-24,54H2,1-9H3,(H2,55,66)(H,56,76)(H,57,72)(H,58,73)(H,59,78)(H,60,74)(H,61,79)(H,62,71)(H,63,75)(H,64,77)(H,67,68)(H,69,70)(H,80,81)/t27-,28-,31-,32-,33-,34-,35-,36-,37-,41-,42-,43-/m0/s1. The van der Waals surface area contributed by atoms with Crippen LogP contribution in [0.25, 0.3) is 0 Å². The van der Waals surface area contributed by atoms with Gasteiger partial charge < -0.3 is 79.7 Å². The molecule has 466 valence electrons. The minimum absolute atomic E-state index is 0.0800.